The van der Waals surface area contributed by atoms with Crippen LogP contribution in [-0.4, -0.2) is 22.9 Å². The van der Waals surface area contributed by atoms with Crippen molar-refractivity contribution in [2.75, 3.05) is 6.54 Å². The van der Waals surface area contributed by atoms with Crippen LogP contribution in [0.4, 0.5) is 0 Å². The van der Waals surface area contributed by atoms with E-state index in [0.29, 0.717) is 12.1 Å². The Morgan fingerprint density at radius 3 is 2.94 bits per heavy atom. The number of alkyl halides is 1. The second kappa shape index (κ2) is 6.38. The molecule has 0 saturated heterocycles. The summed E-state index contributed by atoms with van der Waals surface area (Å²) in [5, 5.41) is 12.1. The number of aromatic hydroxyl groups is 1. The number of halogens is 1. The van der Waals surface area contributed by atoms with E-state index in [1.807, 2.05) is 6.92 Å². The molecule has 0 bridgehead atoms. The minimum absolute atomic E-state index is 0.0939. The lowest BCUT2D eigenvalue weighted by Crippen LogP contribution is -2.25. The molecule has 1 aromatic carbocycles. The molecule has 0 aliphatic rings. The second-order valence-electron chi connectivity index (χ2n) is 3.60. The number of carbonyl (C=O) groups is 1. The molecule has 0 fully saturated rings. The van der Waals surface area contributed by atoms with Gasteiger partial charge in [-0.2, -0.15) is 0 Å². The minimum Gasteiger partial charge on any atom is -0.508 e. The number of hydrogen-bond donors (Lipinski definition) is 2. The van der Waals surface area contributed by atoms with Gasteiger partial charge in [0.05, 0.1) is 0 Å². The Bertz CT molecular complexity index is 355. The highest BCUT2D eigenvalue weighted by Crippen LogP contribution is 2.11. The first-order valence-corrected chi connectivity index (χ1v) is 5.78. The highest BCUT2D eigenvalue weighted by molar-refractivity contribution is 6.20. The summed E-state index contributed by atoms with van der Waals surface area (Å²) in [6, 6.07) is 6.27. The molecule has 0 spiro atoms. The first-order chi connectivity index (χ1) is 7.63. The van der Waals surface area contributed by atoms with Crippen molar-refractivity contribution in [2.24, 2.45) is 0 Å². The smallest absolute Gasteiger partial charge is 0.251 e. The summed E-state index contributed by atoms with van der Waals surface area (Å²) in [6.07, 6.45) is 1.65. The Balaban J connectivity index is 2.41. The topological polar surface area (TPSA) is 49.3 Å². The molecule has 0 aliphatic carbocycles. The predicted octanol–water partition coefficient (Wildman–Crippen LogP) is 2.53. The van der Waals surface area contributed by atoms with Crippen LogP contribution >= 0.6 is 11.6 Å². The summed E-state index contributed by atoms with van der Waals surface area (Å²) in [5.41, 5.74) is 0.461. The van der Waals surface area contributed by atoms with E-state index in [0.717, 1.165) is 12.8 Å². The highest BCUT2D eigenvalue weighted by Gasteiger charge is 2.06. The van der Waals surface area contributed by atoms with Gasteiger partial charge in [0, 0.05) is 17.5 Å². The molecular weight excluding hydrogens is 226 g/mol. The van der Waals surface area contributed by atoms with Crippen LogP contribution in [0.1, 0.15) is 30.1 Å². The molecular formula is C12H16ClNO2. The van der Waals surface area contributed by atoms with E-state index in [-0.39, 0.29) is 17.0 Å². The molecule has 1 atom stereocenters. The van der Waals surface area contributed by atoms with Crippen molar-refractivity contribution in [2.45, 2.75) is 25.1 Å². The van der Waals surface area contributed by atoms with E-state index >= 15 is 0 Å². The summed E-state index contributed by atoms with van der Waals surface area (Å²) < 4.78 is 0. The van der Waals surface area contributed by atoms with Gasteiger partial charge < -0.3 is 10.4 Å². The maximum Gasteiger partial charge on any atom is 0.251 e. The summed E-state index contributed by atoms with van der Waals surface area (Å²) in [6.45, 7) is 2.56. The first-order valence-electron chi connectivity index (χ1n) is 5.34. The number of phenolic OH excluding ortho intramolecular Hbond substituents is 1. The van der Waals surface area contributed by atoms with Gasteiger partial charge in [-0.05, 0) is 31.0 Å². The average molecular weight is 242 g/mol. The summed E-state index contributed by atoms with van der Waals surface area (Å²) >= 11 is 5.93. The molecule has 0 saturated carbocycles. The largest absolute Gasteiger partial charge is 0.508 e. The fraction of sp³-hybridized carbons (Fsp3) is 0.417. The van der Waals surface area contributed by atoms with Crippen LogP contribution in [-0.2, 0) is 0 Å². The van der Waals surface area contributed by atoms with E-state index in [2.05, 4.69) is 5.32 Å². The fourth-order valence-corrected chi connectivity index (χ4v) is 1.40. The van der Waals surface area contributed by atoms with Crippen molar-refractivity contribution in [3.8, 4) is 5.75 Å². The molecule has 16 heavy (non-hydrogen) atoms. The SMILES string of the molecule is CCC(Cl)CCNC(=O)c1cccc(O)c1. The molecule has 1 unspecified atom stereocenters. The average Bonchev–Trinajstić information content (AvgIpc) is 2.28. The zero-order chi connectivity index (χ0) is 12.0. The Hall–Kier alpha value is -1.22. The lowest BCUT2D eigenvalue weighted by atomic mass is 10.2. The van der Waals surface area contributed by atoms with Crippen molar-refractivity contribution in [1.29, 1.82) is 0 Å². The van der Waals surface area contributed by atoms with Gasteiger partial charge in [-0.3, -0.25) is 4.79 Å². The summed E-state index contributed by atoms with van der Waals surface area (Å²) in [7, 11) is 0. The van der Waals surface area contributed by atoms with Crippen LogP contribution in [0, 0.1) is 0 Å². The van der Waals surface area contributed by atoms with Gasteiger partial charge in [-0.15, -0.1) is 11.6 Å². The standard InChI is InChI=1S/C12H16ClNO2/c1-2-10(13)6-7-14-12(16)9-4-3-5-11(15)8-9/h3-5,8,10,15H,2,6-7H2,1H3,(H,14,16). The molecule has 1 amide bonds. The van der Waals surface area contributed by atoms with Crippen LogP contribution in [0.2, 0.25) is 0 Å². The van der Waals surface area contributed by atoms with Crippen molar-refractivity contribution in [3.63, 3.8) is 0 Å². The van der Waals surface area contributed by atoms with Crippen molar-refractivity contribution in [3.05, 3.63) is 29.8 Å². The first kappa shape index (κ1) is 12.8. The van der Waals surface area contributed by atoms with E-state index in [1.165, 1.54) is 12.1 Å². The molecule has 4 heteroatoms. The van der Waals surface area contributed by atoms with Gasteiger partial charge in [0.15, 0.2) is 0 Å². The zero-order valence-electron chi connectivity index (χ0n) is 9.24. The molecule has 1 aromatic rings. The Morgan fingerprint density at radius 2 is 2.31 bits per heavy atom. The van der Waals surface area contributed by atoms with Crippen LogP contribution in [0.25, 0.3) is 0 Å². The lowest BCUT2D eigenvalue weighted by molar-refractivity contribution is 0.0952. The molecule has 2 N–H and O–H groups in total. The van der Waals surface area contributed by atoms with Gasteiger partial charge in [-0.25, -0.2) is 0 Å². The maximum absolute atomic E-state index is 11.6. The quantitative estimate of drug-likeness (QED) is 0.779. The predicted molar refractivity (Wildman–Crippen MR) is 65.0 cm³/mol. The number of phenols is 1. The van der Waals surface area contributed by atoms with Crippen LogP contribution < -0.4 is 5.32 Å². The minimum atomic E-state index is -0.184. The van der Waals surface area contributed by atoms with E-state index in [1.54, 1.807) is 12.1 Å². The second-order valence-corrected chi connectivity index (χ2v) is 4.22. The normalized spacial score (nSPS) is 12.1. The van der Waals surface area contributed by atoms with Gasteiger partial charge in [0.2, 0.25) is 0 Å². The molecule has 0 aliphatic heterocycles. The molecule has 3 nitrogen and oxygen atoms in total. The van der Waals surface area contributed by atoms with Gasteiger partial charge >= 0.3 is 0 Å². The molecule has 0 radical (unpaired) electrons. The number of benzene rings is 1. The molecule has 0 heterocycles. The van der Waals surface area contributed by atoms with Crippen LogP contribution in [0.5, 0.6) is 5.75 Å². The third kappa shape index (κ3) is 4.11. The molecule has 1 rings (SSSR count). The van der Waals surface area contributed by atoms with Crippen molar-refractivity contribution < 1.29 is 9.90 Å². The number of hydrogen-bond acceptors (Lipinski definition) is 2. The van der Waals surface area contributed by atoms with E-state index < -0.39 is 0 Å². The maximum atomic E-state index is 11.6. The molecule has 0 aromatic heterocycles. The summed E-state index contributed by atoms with van der Waals surface area (Å²) in [4.78, 5) is 11.6. The highest BCUT2D eigenvalue weighted by atomic mass is 35.5. The van der Waals surface area contributed by atoms with Crippen molar-refractivity contribution >= 4 is 17.5 Å². The van der Waals surface area contributed by atoms with E-state index in [9.17, 15) is 9.90 Å². The third-order valence-electron chi connectivity index (χ3n) is 2.29. The van der Waals surface area contributed by atoms with E-state index in [4.69, 9.17) is 11.6 Å². The van der Waals surface area contributed by atoms with Crippen LogP contribution in [0.3, 0.4) is 0 Å². The van der Waals surface area contributed by atoms with Crippen molar-refractivity contribution in [1.82, 2.24) is 5.32 Å². The summed E-state index contributed by atoms with van der Waals surface area (Å²) in [5.74, 6) is -0.0905. The Morgan fingerprint density at radius 1 is 1.56 bits per heavy atom. The Kier molecular flexibility index (Phi) is 5.12. The number of amides is 1. The van der Waals surface area contributed by atoms with Gasteiger partial charge in [0.1, 0.15) is 5.75 Å². The molecule has 88 valence electrons. The third-order valence-corrected chi connectivity index (χ3v) is 2.82. The van der Waals surface area contributed by atoms with Gasteiger partial charge in [-0.1, -0.05) is 13.0 Å². The van der Waals surface area contributed by atoms with Gasteiger partial charge in [0.25, 0.3) is 5.91 Å². The number of nitrogens with one attached hydrogen (secondary N) is 1. The fourth-order valence-electron chi connectivity index (χ4n) is 1.30. The monoisotopic (exact) mass is 241 g/mol. The number of rotatable bonds is 5. The van der Waals surface area contributed by atoms with Crippen LogP contribution in [0.15, 0.2) is 24.3 Å². The Labute approximate surface area is 100 Å². The zero-order valence-corrected chi connectivity index (χ0v) is 10.00. The lowest BCUT2D eigenvalue weighted by Gasteiger charge is -2.08. The number of carbonyl (C=O) groups excluding carboxylic acids is 1.